The summed E-state index contributed by atoms with van der Waals surface area (Å²) < 4.78 is 20.3. The standard InChI is InChI=1S/C26H38FNO/c1-3-5-7-8-9-10-14-22(20-24-15-11-12-18-28-24)23-16-17-26(25(27)21-23)29-19-13-6-4-2/h11-12,15-18,21-22H,3-10,13-14,19-20H2,1-2H3. The summed E-state index contributed by atoms with van der Waals surface area (Å²) in [5, 5.41) is 0. The maximum Gasteiger partial charge on any atom is 0.165 e. The van der Waals surface area contributed by atoms with Crippen LogP contribution in [-0.2, 0) is 6.42 Å². The molecule has 0 saturated heterocycles. The van der Waals surface area contributed by atoms with E-state index in [1.54, 1.807) is 6.07 Å². The van der Waals surface area contributed by atoms with Gasteiger partial charge in [0.25, 0.3) is 0 Å². The van der Waals surface area contributed by atoms with Gasteiger partial charge in [-0.15, -0.1) is 0 Å². The number of hydrogen-bond donors (Lipinski definition) is 0. The number of benzene rings is 1. The van der Waals surface area contributed by atoms with E-state index in [-0.39, 0.29) is 5.82 Å². The summed E-state index contributed by atoms with van der Waals surface area (Å²) in [6.45, 7) is 4.98. The van der Waals surface area contributed by atoms with Crippen molar-refractivity contribution in [3.63, 3.8) is 0 Å². The fourth-order valence-corrected chi connectivity index (χ4v) is 3.75. The van der Waals surface area contributed by atoms with E-state index in [1.807, 2.05) is 30.5 Å². The lowest BCUT2D eigenvalue weighted by Crippen LogP contribution is -2.06. The first-order chi connectivity index (χ1) is 14.2. The molecule has 1 unspecified atom stereocenters. The van der Waals surface area contributed by atoms with Crippen molar-refractivity contribution in [2.75, 3.05) is 6.61 Å². The van der Waals surface area contributed by atoms with Crippen LogP contribution in [0.4, 0.5) is 4.39 Å². The van der Waals surface area contributed by atoms with Gasteiger partial charge in [-0.25, -0.2) is 4.39 Å². The number of aromatic nitrogens is 1. The van der Waals surface area contributed by atoms with E-state index in [9.17, 15) is 4.39 Å². The van der Waals surface area contributed by atoms with Gasteiger partial charge in [0.2, 0.25) is 0 Å². The Labute approximate surface area is 176 Å². The van der Waals surface area contributed by atoms with Crippen molar-refractivity contribution in [2.24, 2.45) is 0 Å². The van der Waals surface area contributed by atoms with Crippen LogP contribution in [0.3, 0.4) is 0 Å². The van der Waals surface area contributed by atoms with E-state index in [0.29, 0.717) is 18.3 Å². The molecule has 0 aliphatic heterocycles. The van der Waals surface area contributed by atoms with E-state index >= 15 is 0 Å². The smallest absolute Gasteiger partial charge is 0.165 e. The molecule has 1 atom stereocenters. The van der Waals surface area contributed by atoms with Gasteiger partial charge in [0.1, 0.15) is 0 Å². The minimum atomic E-state index is -0.243. The zero-order chi connectivity index (χ0) is 20.7. The number of pyridine rings is 1. The van der Waals surface area contributed by atoms with Gasteiger partial charge in [-0.1, -0.05) is 77.3 Å². The average molecular weight is 400 g/mol. The normalized spacial score (nSPS) is 12.1. The van der Waals surface area contributed by atoms with E-state index < -0.39 is 0 Å². The Kier molecular flexibility index (Phi) is 11.4. The maximum absolute atomic E-state index is 14.6. The summed E-state index contributed by atoms with van der Waals surface area (Å²) in [5.41, 5.74) is 2.13. The highest BCUT2D eigenvalue weighted by Gasteiger charge is 2.16. The maximum atomic E-state index is 14.6. The minimum Gasteiger partial charge on any atom is -0.491 e. The van der Waals surface area contributed by atoms with Crippen molar-refractivity contribution < 1.29 is 9.13 Å². The first-order valence-electron chi connectivity index (χ1n) is 11.6. The molecule has 0 amide bonds. The highest BCUT2D eigenvalue weighted by molar-refractivity contribution is 5.32. The Balaban J connectivity index is 1.99. The lowest BCUT2D eigenvalue weighted by atomic mass is 9.88. The summed E-state index contributed by atoms with van der Waals surface area (Å²) in [4.78, 5) is 4.49. The molecule has 160 valence electrons. The fraction of sp³-hybridized carbons (Fsp3) is 0.577. The van der Waals surface area contributed by atoms with Gasteiger partial charge in [-0.2, -0.15) is 0 Å². The van der Waals surface area contributed by atoms with Gasteiger partial charge in [-0.3, -0.25) is 4.98 Å². The molecule has 0 radical (unpaired) electrons. The van der Waals surface area contributed by atoms with E-state index in [0.717, 1.165) is 43.4 Å². The zero-order valence-electron chi connectivity index (χ0n) is 18.3. The number of hydrogen-bond acceptors (Lipinski definition) is 2. The van der Waals surface area contributed by atoms with Crippen molar-refractivity contribution in [1.29, 1.82) is 0 Å². The van der Waals surface area contributed by atoms with Gasteiger partial charge in [-0.05, 0) is 55.0 Å². The Morgan fingerprint density at radius 2 is 1.66 bits per heavy atom. The fourth-order valence-electron chi connectivity index (χ4n) is 3.75. The molecule has 0 N–H and O–H groups in total. The predicted molar refractivity (Wildman–Crippen MR) is 120 cm³/mol. The highest BCUT2D eigenvalue weighted by atomic mass is 19.1. The third kappa shape index (κ3) is 8.97. The summed E-state index contributed by atoms with van der Waals surface area (Å²) in [5.74, 6) is 0.425. The predicted octanol–water partition coefficient (Wildman–Crippen LogP) is 7.87. The molecule has 0 aliphatic rings. The van der Waals surface area contributed by atoms with Crippen molar-refractivity contribution in [1.82, 2.24) is 4.98 Å². The third-order valence-corrected chi connectivity index (χ3v) is 5.52. The third-order valence-electron chi connectivity index (χ3n) is 5.52. The molecule has 2 nitrogen and oxygen atoms in total. The molecule has 0 fully saturated rings. The Hall–Kier alpha value is -1.90. The van der Waals surface area contributed by atoms with E-state index in [4.69, 9.17) is 4.74 Å². The molecule has 1 heterocycles. The molecule has 0 bridgehead atoms. The van der Waals surface area contributed by atoms with Gasteiger partial charge in [0, 0.05) is 11.9 Å². The number of rotatable bonds is 15. The van der Waals surface area contributed by atoms with Crippen LogP contribution in [0, 0.1) is 5.82 Å². The summed E-state index contributed by atoms with van der Waals surface area (Å²) in [7, 11) is 0. The topological polar surface area (TPSA) is 22.1 Å². The SMILES string of the molecule is CCCCCCCCC(Cc1ccccn1)c1ccc(OCCCCC)c(F)c1. The molecule has 0 spiro atoms. The Morgan fingerprint density at radius 1 is 0.897 bits per heavy atom. The number of ether oxygens (including phenoxy) is 1. The molecular formula is C26H38FNO. The number of halogens is 1. The van der Waals surface area contributed by atoms with Crippen LogP contribution in [0.15, 0.2) is 42.6 Å². The van der Waals surface area contributed by atoms with Crippen LogP contribution in [0.5, 0.6) is 5.75 Å². The Bertz CT molecular complexity index is 674. The molecule has 1 aromatic carbocycles. The minimum absolute atomic E-state index is 0.243. The van der Waals surface area contributed by atoms with Crippen LogP contribution in [-0.4, -0.2) is 11.6 Å². The van der Waals surface area contributed by atoms with Gasteiger partial charge < -0.3 is 4.74 Å². The van der Waals surface area contributed by atoms with Gasteiger partial charge in [0.05, 0.1) is 6.61 Å². The lowest BCUT2D eigenvalue weighted by molar-refractivity contribution is 0.291. The van der Waals surface area contributed by atoms with Gasteiger partial charge >= 0.3 is 0 Å². The Morgan fingerprint density at radius 3 is 2.38 bits per heavy atom. The highest BCUT2D eigenvalue weighted by Crippen LogP contribution is 2.30. The molecule has 29 heavy (non-hydrogen) atoms. The summed E-state index contributed by atoms with van der Waals surface area (Å²) in [6, 6.07) is 11.6. The van der Waals surface area contributed by atoms with Crippen LogP contribution >= 0.6 is 0 Å². The molecule has 0 aliphatic carbocycles. The second-order valence-corrected chi connectivity index (χ2v) is 8.02. The van der Waals surface area contributed by atoms with Gasteiger partial charge in [0.15, 0.2) is 11.6 Å². The van der Waals surface area contributed by atoms with Crippen molar-refractivity contribution >= 4 is 0 Å². The summed E-state index contributed by atoms with van der Waals surface area (Å²) >= 11 is 0. The van der Waals surface area contributed by atoms with E-state index in [2.05, 4.69) is 24.9 Å². The first kappa shape index (κ1) is 23.4. The van der Waals surface area contributed by atoms with Crippen LogP contribution in [0.2, 0.25) is 0 Å². The molecule has 2 rings (SSSR count). The number of unbranched alkanes of at least 4 members (excludes halogenated alkanes) is 7. The molecule has 1 aromatic heterocycles. The number of nitrogens with zero attached hydrogens (tertiary/aromatic N) is 1. The average Bonchev–Trinajstić information content (AvgIpc) is 2.74. The second-order valence-electron chi connectivity index (χ2n) is 8.02. The first-order valence-corrected chi connectivity index (χ1v) is 11.6. The van der Waals surface area contributed by atoms with Crippen molar-refractivity contribution in [3.05, 3.63) is 59.7 Å². The van der Waals surface area contributed by atoms with Crippen molar-refractivity contribution in [3.8, 4) is 5.75 Å². The van der Waals surface area contributed by atoms with Crippen molar-refractivity contribution in [2.45, 2.75) is 90.4 Å². The summed E-state index contributed by atoms with van der Waals surface area (Å²) in [6.07, 6.45) is 14.6. The van der Waals surface area contributed by atoms with E-state index in [1.165, 1.54) is 38.5 Å². The van der Waals surface area contributed by atoms with Crippen LogP contribution in [0.1, 0.15) is 95.2 Å². The molecule has 2 aromatic rings. The lowest BCUT2D eigenvalue weighted by Gasteiger charge is -2.18. The molecular weight excluding hydrogens is 361 g/mol. The molecule has 0 saturated carbocycles. The second kappa shape index (κ2) is 14.1. The zero-order valence-corrected chi connectivity index (χ0v) is 18.3. The quantitative estimate of drug-likeness (QED) is 0.284. The van der Waals surface area contributed by atoms with Crippen LogP contribution < -0.4 is 4.74 Å². The molecule has 3 heteroatoms. The largest absolute Gasteiger partial charge is 0.491 e. The monoisotopic (exact) mass is 399 g/mol. The van der Waals surface area contributed by atoms with Crippen LogP contribution in [0.25, 0.3) is 0 Å².